The number of ether oxygens (including phenoxy) is 1. The van der Waals surface area contributed by atoms with Crippen LogP contribution in [0.4, 0.5) is 0 Å². The van der Waals surface area contributed by atoms with E-state index in [0.29, 0.717) is 31.7 Å². The fourth-order valence-corrected chi connectivity index (χ4v) is 3.20. The molecule has 1 fully saturated rings. The Morgan fingerprint density at radius 3 is 2.28 bits per heavy atom. The molecule has 0 aromatic rings. The van der Waals surface area contributed by atoms with Gasteiger partial charge >= 0.3 is 5.97 Å². The maximum Gasteiger partial charge on any atom is 0.328 e. The van der Waals surface area contributed by atoms with Crippen molar-refractivity contribution in [1.82, 2.24) is 10.2 Å². The fraction of sp³-hybridized carbons (Fsp3) is 0.833. The Kier molecular flexibility index (Phi) is 8.35. The number of nitrogens with zero attached hydrogens (tertiary/aromatic N) is 1. The van der Waals surface area contributed by atoms with Crippen LogP contribution in [0.2, 0.25) is 0 Å². The highest BCUT2D eigenvalue weighted by Crippen LogP contribution is 2.21. The first kappa shape index (κ1) is 21.4. The van der Waals surface area contributed by atoms with Crippen molar-refractivity contribution in [1.29, 1.82) is 0 Å². The predicted octanol–water partition coefficient (Wildman–Crippen LogP) is 1.05. The Morgan fingerprint density at radius 1 is 1.16 bits per heavy atom. The summed E-state index contributed by atoms with van der Waals surface area (Å²) in [5, 5.41) is 2.80. The molecule has 144 valence electrons. The highest BCUT2D eigenvalue weighted by Gasteiger charge is 2.38. The van der Waals surface area contributed by atoms with Crippen molar-refractivity contribution in [3.63, 3.8) is 0 Å². The number of carbonyl (C=O) groups is 3. The average Bonchev–Trinajstić information content (AvgIpc) is 3.01. The molecule has 1 saturated heterocycles. The second kappa shape index (κ2) is 9.75. The van der Waals surface area contributed by atoms with Gasteiger partial charge in [0, 0.05) is 6.54 Å². The van der Waals surface area contributed by atoms with Gasteiger partial charge in [-0.15, -0.1) is 0 Å². The molecule has 0 radical (unpaired) electrons. The Hall–Kier alpha value is -1.63. The summed E-state index contributed by atoms with van der Waals surface area (Å²) in [6.45, 7) is 8.47. The molecule has 0 bridgehead atoms. The van der Waals surface area contributed by atoms with Gasteiger partial charge in [-0.2, -0.15) is 0 Å². The van der Waals surface area contributed by atoms with E-state index in [1.54, 1.807) is 0 Å². The third kappa shape index (κ3) is 6.30. The van der Waals surface area contributed by atoms with Crippen molar-refractivity contribution in [2.75, 3.05) is 13.7 Å². The molecule has 0 saturated carbocycles. The molecule has 7 nitrogen and oxygen atoms in total. The summed E-state index contributed by atoms with van der Waals surface area (Å²) in [6, 6.07) is -1.87. The van der Waals surface area contributed by atoms with Gasteiger partial charge in [0.2, 0.25) is 11.8 Å². The van der Waals surface area contributed by atoms with E-state index < -0.39 is 24.1 Å². The van der Waals surface area contributed by atoms with Gasteiger partial charge in [-0.3, -0.25) is 9.59 Å². The molecular weight excluding hydrogens is 322 g/mol. The zero-order valence-electron chi connectivity index (χ0n) is 16.1. The number of methoxy groups -OCH3 is 1. The van der Waals surface area contributed by atoms with Crippen LogP contribution in [0.1, 0.15) is 53.4 Å². The number of rotatable bonds is 8. The number of likely N-dealkylation sites (tertiary alicyclic amines) is 1. The lowest BCUT2D eigenvalue weighted by atomic mass is 10.00. The van der Waals surface area contributed by atoms with Crippen LogP contribution in [0, 0.1) is 11.8 Å². The number of carbonyl (C=O) groups excluding carboxylic acids is 3. The van der Waals surface area contributed by atoms with E-state index >= 15 is 0 Å². The third-order valence-electron chi connectivity index (χ3n) is 4.39. The third-order valence-corrected chi connectivity index (χ3v) is 4.39. The van der Waals surface area contributed by atoms with Crippen molar-refractivity contribution >= 4 is 17.8 Å². The van der Waals surface area contributed by atoms with E-state index in [1.807, 2.05) is 27.7 Å². The monoisotopic (exact) mass is 355 g/mol. The lowest BCUT2D eigenvalue weighted by Gasteiger charge is -2.29. The number of hydrogen-bond acceptors (Lipinski definition) is 5. The first-order valence-corrected chi connectivity index (χ1v) is 9.11. The molecule has 0 aromatic heterocycles. The second-order valence-corrected chi connectivity index (χ2v) is 7.64. The topological polar surface area (TPSA) is 102 Å². The Morgan fingerprint density at radius 2 is 1.76 bits per heavy atom. The molecule has 0 aromatic carbocycles. The predicted molar refractivity (Wildman–Crippen MR) is 95.6 cm³/mol. The van der Waals surface area contributed by atoms with Crippen molar-refractivity contribution in [3.05, 3.63) is 0 Å². The van der Waals surface area contributed by atoms with Gasteiger partial charge in [-0.1, -0.05) is 27.7 Å². The smallest absolute Gasteiger partial charge is 0.328 e. The van der Waals surface area contributed by atoms with Crippen molar-refractivity contribution in [2.24, 2.45) is 17.6 Å². The number of hydrogen-bond donors (Lipinski definition) is 2. The van der Waals surface area contributed by atoms with Crippen LogP contribution in [0.25, 0.3) is 0 Å². The normalized spacial score (nSPS) is 19.8. The van der Waals surface area contributed by atoms with Crippen LogP contribution >= 0.6 is 0 Å². The van der Waals surface area contributed by atoms with E-state index in [9.17, 15) is 14.4 Å². The van der Waals surface area contributed by atoms with Crippen LogP contribution in [0.5, 0.6) is 0 Å². The summed E-state index contributed by atoms with van der Waals surface area (Å²) in [7, 11) is 1.32. The summed E-state index contributed by atoms with van der Waals surface area (Å²) in [5.74, 6) is -0.442. The highest BCUT2D eigenvalue weighted by molar-refractivity contribution is 5.92. The molecule has 2 amide bonds. The number of amides is 2. The molecule has 1 aliphatic rings. The Labute approximate surface area is 150 Å². The van der Waals surface area contributed by atoms with Crippen molar-refractivity contribution in [2.45, 2.75) is 71.5 Å². The van der Waals surface area contributed by atoms with Gasteiger partial charge in [0.25, 0.3) is 0 Å². The quantitative estimate of drug-likeness (QED) is 0.634. The van der Waals surface area contributed by atoms with Gasteiger partial charge in [-0.25, -0.2) is 4.79 Å². The molecule has 3 N–H and O–H groups in total. The number of nitrogens with two attached hydrogens (primary N) is 1. The zero-order valence-corrected chi connectivity index (χ0v) is 16.1. The van der Waals surface area contributed by atoms with Gasteiger partial charge in [0.15, 0.2) is 0 Å². The van der Waals surface area contributed by atoms with Crippen LogP contribution in [0.3, 0.4) is 0 Å². The second-order valence-electron chi connectivity index (χ2n) is 7.64. The number of esters is 1. The molecule has 1 rings (SSSR count). The molecule has 25 heavy (non-hydrogen) atoms. The van der Waals surface area contributed by atoms with Crippen molar-refractivity contribution in [3.8, 4) is 0 Å². The lowest BCUT2D eigenvalue weighted by Crippen LogP contribution is -2.55. The van der Waals surface area contributed by atoms with Crippen LogP contribution in [-0.4, -0.2) is 54.5 Å². The lowest BCUT2D eigenvalue weighted by molar-refractivity contribution is -0.152. The van der Waals surface area contributed by atoms with E-state index in [2.05, 4.69) is 5.32 Å². The highest BCUT2D eigenvalue weighted by atomic mass is 16.5. The molecule has 0 spiro atoms. The summed E-state index contributed by atoms with van der Waals surface area (Å²) in [6.07, 6.45) is 2.40. The molecule has 3 atom stereocenters. The molecule has 0 aliphatic carbocycles. The SMILES string of the molecule is COC(=O)[C@@H]1CCCN1C(=O)[C@H](CC(C)C)NC(=O)[C@@H](N)CC(C)C. The van der Waals surface area contributed by atoms with E-state index in [4.69, 9.17) is 10.5 Å². The summed E-state index contributed by atoms with van der Waals surface area (Å²) in [5.41, 5.74) is 5.94. The van der Waals surface area contributed by atoms with Gasteiger partial charge in [0.1, 0.15) is 12.1 Å². The first-order valence-electron chi connectivity index (χ1n) is 9.11. The van der Waals surface area contributed by atoms with Crippen LogP contribution in [0.15, 0.2) is 0 Å². The molecular formula is C18H33N3O4. The maximum atomic E-state index is 13.0. The minimum Gasteiger partial charge on any atom is -0.467 e. The number of nitrogens with one attached hydrogen (secondary N) is 1. The first-order chi connectivity index (χ1) is 11.7. The largest absolute Gasteiger partial charge is 0.467 e. The zero-order chi connectivity index (χ0) is 19.1. The van der Waals surface area contributed by atoms with Crippen LogP contribution < -0.4 is 11.1 Å². The summed E-state index contributed by atoms with van der Waals surface area (Å²) < 4.78 is 4.80. The van der Waals surface area contributed by atoms with Crippen molar-refractivity contribution < 1.29 is 19.1 Å². The van der Waals surface area contributed by atoms with Gasteiger partial charge < -0.3 is 20.7 Å². The van der Waals surface area contributed by atoms with Gasteiger partial charge in [0.05, 0.1) is 13.2 Å². The summed E-state index contributed by atoms with van der Waals surface area (Å²) in [4.78, 5) is 38.8. The standard InChI is InChI=1S/C18H33N3O4/c1-11(2)9-13(19)16(22)20-14(10-12(3)4)17(23)21-8-6-7-15(21)18(24)25-5/h11-15H,6-10,19H2,1-5H3,(H,20,22)/t13-,14-,15-/m0/s1. The minimum atomic E-state index is -0.670. The molecule has 0 unspecified atom stereocenters. The molecule has 7 heteroatoms. The summed E-state index contributed by atoms with van der Waals surface area (Å²) >= 11 is 0. The molecule has 1 heterocycles. The average molecular weight is 355 g/mol. The van der Waals surface area contributed by atoms with E-state index in [0.717, 1.165) is 6.42 Å². The van der Waals surface area contributed by atoms with Gasteiger partial charge in [-0.05, 0) is 37.5 Å². The van der Waals surface area contributed by atoms with E-state index in [1.165, 1.54) is 12.0 Å². The Balaban J connectivity index is 2.85. The minimum absolute atomic E-state index is 0.217. The maximum absolute atomic E-state index is 13.0. The van der Waals surface area contributed by atoms with E-state index in [-0.39, 0.29) is 17.7 Å². The van der Waals surface area contributed by atoms with Crippen LogP contribution in [-0.2, 0) is 19.1 Å². The molecule has 1 aliphatic heterocycles. The fourth-order valence-electron chi connectivity index (χ4n) is 3.20. The Bertz CT molecular complexity index is 479.